The van der Waals surface area contributed by atoms with Crippen LogP contribution in [0.25, 0.3) is 0 Å². The molecule has 0 bridgehead atoms. The fourth-order valence-corrected chi connectivity index (χ4v) is 2.80. The maximum Gasteiger partial charge on any atom is 0.251 e. The highest BCUT2D eigenvalue weighted by atomic mass is 16.3. The van der Waals surface area contributed by atoms with Crippen molar-refractivity contribution in [3.05, 3.63) is 29.3 Å². The molecule has 4 nitrogen and oxygen atoms in total. The van der Waals surface area contributed by atoms with Crippen molar-refractivity contribution in [3.63, 3.8) is 0 Å². The molecule has 1 aliphatic rings. The summed E-state index contributed by atoms with van der Waals surface area (Å²) in [6.45, 7) is 2.37. The van der Waals surface area contributed by atoms with E-state index in [9.17, 15) is 9.90 Å². The Bertz CT molecular complexity index is 459. The highest BCUT2D eigenvalue weighted by Crippen LogP contribution is 2.25. The lowest BCUT2D eigenvalue weighted by atomic mass is 9.84. The van der Waals surface area contributed by atoms with E-state index >= 15 is 0 Å². The number of phenolic OH excluding ortho intramolecular Hbond substituents is 1. The van der Waals surface area contributed by atoms with Crippen molar-refractivity contribution in [2.24, 2.45) is 11.7 Å². The molecule has 1 fully saturated rings. The van der Waals surface area contributed by atoms with Crippen LogP contribution in [-0.4, -0.2) is 23.6 Å². The molecule has 2 unspecified atom stereocenters. The van der Waals surface area contributed by atoms with Gasteiger partial charge in [-0.25, -0.2) is 0 Å². The molecule has 1 amide bonds. The molecule has 0 heterocycles. The van der Waals surface area contributed by atoms with E-state index in [0.717, 1.165) is 19.3 Å². The number of nitrogens with two attached hydrogens (primary N) is 1. The molecule has 4 heteroatoms. The zero-order valence-corrected chi connectivity index (χ0v) is 11.4. The first kappa shape index (κ1) is 13.9. The predicted octanol–water partition coefficient (Wildman–Crippen LogP) is 1.95. The number of hydrogen-bond acceptors (Lipinski definition) is 3. The first-order valence-corrected chi connectivity index (χ1v) is 6.93. The molecule has 0 saturated heterocycles. The lowest BCUT2D eigenvalue weighted by molar-refractivity contribution is 0.0907. The Morgan fingerprint density at radius 3 is 2.89 bits per heavy atom. The second-order valence-corrected chi connectivity index (χ2v) is 5.31. The minimum atomic E-state index is -0.112. The minimum absolute atomic E-state index is 0.112. The summed E-state index contributed by atoms with van der Waals surface area (Å²) in [5.41, 5.74) is 6.94. The molecule has 1 saturated carbocycles. The van der Waals surface area contributed by atoms with Gasteiger partial charge in [-0.2, -0.15) is 0 Å². The monoisotopic (exact) mass is 262 g/mol. The van der Waals surface area contributed by atoms with E-state index in [1.807, 2.05) is 0 Å². The molecule has 1 aromatic carbocycles. The van der Waals surface area contributed by atoms with E-state index in [2.05, 4.69) is 5.32 Å². The third-order valence-corrected chi connectivity index (χ3v) is 4.08. The van der Waals surface area contributed by atoms with Crippen LogP contribution in [0.5, 0.6) is 5.75 Å². The lowest BCUT2D eigenvalue weighted by Crippen LogP contribution is -2.44. The van der Waals surface area contributed by atoms with Crippen LogP contribution in [0.15, 0.2) is 18.2 Å². The first-order valence-electron chi connectivity index (χ1n) is 6.93. The van der Waals surface area contributed by atoms with E-state index in [1.165, 1.54) is 6.42 Å². The second kappa shape index (κ2) is 6.06. The summed E-state index contributed by atoms with van der Waals surface area (Å²) in [7, 11) is 0. The van der Waals surface area contributed by atoms with Crippen molar-refractivity contribution in [1.82, 2.24) is 5.32 Å². The summed E-state index contributed by atoms with van der Waals surface area (Å²) in [5.74, 6) is 0.417. The van der Waals surface area contributed by atoms with Crippen molar-refractivity contribution in [3.8, 4) is 5.75 Å². The number of nitrogens with one attached hydrogen (secondary N) is 1. The zero-order chi connectivity index (χ0) is 13.8. The van der Waals surface area contributed by atoms with Gasteiger partial charge >= 0.3 is 0 Å². The van der Waals surface area contributed by atoms with Gasteiger partial charge in [0.15, 0.2) is 0 Å². The van der Waals surface area contributed by atoms with Crippen molar-refractivity contribution >= 4 is 5.91 Å². The average Bonchev–Trinajstić information content (AvgIpc) is 2.42. The van der Waals surface area contributed by atoms with Gasteiger partial charge in [0.2, 0.25) is 0 Å². The number of hydrogen-bond donors (Lipinski definition) is 3. The summed E-state index contributed by atoms with van der Waals surface area (Å²) in [4.78, 5) is 12.3. The number of phenols is 1. The normalized spacial score (nSPS) is 23.1. The second-order valence-electron chi connectivity index (χ2n) is 5.31. The standard InChI is InChI=1S/C15H22N2O2/c1-10-12(6-4-8-14(10)18)15(19)17-13-7-3-2-5-11(13)9-16/h4,6,8,11,13,18H,2-3,5,7,9,16H2,1H3,(H,17,19). The summed E-state index contributed by atoms with van der Waals surface area (Å²) in [5, 5.41) is 12.7. The van der Waals surface area contributed by atoms with Crippen LogP contribution in [0.2, 0.25) is 0 Å². The summed E-state index contributed by atoms with van der Waals surface area (Å²) >= 11 is 0. The fraction of sp³-hybridized carbons (Fsp3) is 0.533. The van der Waals surface area contributed by atoms with E-state index < -0.39 is 0 Å². The van der Waals surface area contributed by atoms with Gasteiger partial charge in [-0.05, 0) is 44.4 Å². The number of carbonyl (C=O) groups is 1. The third kappa shape index (κ3) is 3.07. The van der Waals surface area contributed by atoms with Crippen molar-refractivity contribution in [1.29, 1.82) is 0 Å². The molecule has 1 aromatic rings. The van der Waals surface area contributed by atoms with Gasteiger partial charge in [0.05, 0.1) is 0 Å². The molecule has 104 valence electrons. The fourth-order valence-electron chi connectivity index (χ4n) is 2.80. The SMILES string of the molecule is Cc1c(O)cccc1C(=O)NC1CCCCC1CN. The maximum absolute atomic E-state index is 12.3. The van der Waals surface area contributed by atoms with Crippen LogP contribution in [0.4, 0.5) is 0 Å². The van der Waals surface area contributed by atoms with Gasteiger partial charge in [0, 0.05) is 17.2 Å². The molecule has 0 aliphatic heterocycles. The van der Waals surface area contributed by atoms with Crippen LogP contribution >= 0.6 is 0 Å². The van der Waals surface area contributed by atoms with Gasteiger partial charge in [0.25, 0.3) is 5.91 Å². The molecule has 2 rings (SSSR count). The molecular weight excluding hydrogens is 240 g/mol. The van der Waals surface area contributed by atoms with Crippen LogP contribution in [0, 0.1) is 12.8 Å². The number of aromatic hydroxyl groups is 1. The van der Waals surface area contributed by atoms with Crippen molar-refractivity contribution in [2.45, 2.75) is 38.6 Å². The van der Waals surface area contributed by atoms with Crippen molar-refractivity contribution in [2.75, 3.05) is 6.54 Å². The Balaban J connectivity index is 2.09. The number of rotatable bonds is 3. The Morgan fingerprint density at radius 1 is 1.42 bits per heavy atom. The zero-order valence-electron chi connectivity index (χ0n) is 11.4. The summed E-state index contributed by atoms with van der Waals surface area (Å²) < 4.78 is 0. The average molecular weight is 262 g/mol. The molecule has 0 aromatic heterocycles. The maximum atomic E-state index is 12.3. The van der Waals surface area contributed by atoms with Gasteiger partial charge in [-0.3, -0.25) is 4.79 Å². The lowest BCUT2D eigenvalue weighted by Gasteiger charge is -2.31. The molecule has 19 heavy (non-hydrogen) atoms. The van der Waals surface area contributed by atoms with Gasteiger partial charge < -0.3 is 16.2 Å². The van der Waals surface area contributed by atoms with Crippen LogP contribution in [-0.2, 0) is 0 Å². The molecule has 2 atom stereocenters. The Kier molecular flexibility index (Phi) is 4.43. The minimum Gasteiger partial charge on any atom is -0.508 e. The molecule has 4 N–H and O–H groups in total. The smallest absolute Gasteiger partial charge is 0.251 e. The molecular formula is C15H22N2O2. The Hall–Kier alpha value is -1.55. The van der Waals surface area contributed by atoms with Crippen molar-refractivity contribution < 1.29 is 9.90 Å². The Morgan fingerprint density at radius 2 is 2.16 bits per heavy atom. The number of carbonyl (C=O) groups excluding carboxylic acids is 1. The van der Waals surface area contributed by atoms with Crippen LogP contribution in [0.1, 0.15) is 41.6 Å². The molecule has 1 aliphatic carbocycles. The predicted molar refractivity (Wildman–Crippen MR) is 75.1 cm³/mol. The van der Waals surface area contributed by atoms with Crippen LogP contribution < -0.4 is 11.1 Å². The third-order valence-electron chi connectivity index (χ3n) is 4.08. The largest absolute Gasteiger partial charge is 0.508 e. The Labute approximate surface area is 114 Å². The molecule has 0 radical (unpaired) electrons. The summed E-state index contributed by atoms with van der Waals surface area (Å²) in [6, 6.07) is 5.19. The number of amides is 1. The highest BCUT2D eigenvalue weighted by molar-refractivity contribution is 5.96. The van der Waals surface area contributed by atoms with E-state index in [0.29, 0.717) is 23.6 Å². The highest BCUT2D eigenvalue weighted by Gasteiger charge is 2.26. The van der Waals surface area contributed by atoms with Gasteiger partial charge in [-0.15, -0.1) is 0 Å². The van der Waals surface area contributed by atoms with Gasteiger partial charge in [-0.1, -0.05) is 18.9 Å². The van der Waals surface area contributed by atoms with E-state index in [-0.39, 0.29) is 17.7 Å². The van der Waals surface area contributed by atoms with E-state index in [1.54, 1.807) is 25.1 Å². The number of benzene rings is 1. The first-order chi connectivity index (χ1) is 9.13. The van der Waals surface area contributed by atoms with E-state index in [4.69, 9.17) is 5.73 Å². The quantitative estimate of drug-likeness (QED) is 0.779. The topological polar surface area (TPSA) is 75.3 Å². The molecule has 0 spiro atoms. The van der Waals surface area contributed by atoms with Gasteiger partial charge in [0.1, 0.15) is 5.75 Å². The summed E-state index contributed by atoms with van der Waals surface area (Å²) in [6.07, 6.45) is 4.41. The van der Waals surface area contributed by atoms with Crippen LogP contribution in [0.3, 0.4) is 0 Å².